The largest absolute Gasteiger partial charge is 0.444 e. The molecule has 1 amide bonds. The van der Waals surface area contributed by atoms with Crippen LogP contribution in [-0.4, -0.2) is 43.2 Å². The summed E-state index contributed by atoms with van der Waals surface area (Å²) in [6.45, 7) is 8.80. The number of nitrogens with zero attached hydrogens (tertiary/aromatic N) is 2. The van der Waals surface area contributed by atoms with Gasteiger partial charge >= 0.3 is 6.09 Å². The van der Waals surface area contributed by atoms with E-state index in [-0.39, 0.29) is 12.4 Å². The third-order valence-electron chi connectivity index (χ3n) is 1.50. The fourth-order valence-corrected chi connectivity index (χ4v) is 0.900. The molecule has 96 valence electrons. The number of likely N-dealkylation sites (N-methyl/N-ethyl adjacent to an activating group) is 1. The van der Waals surface area contributed by atoms with Crippen LogP contribution in [0.2, 0.25) is 0 Å². The van der Waals surface area contributed by atoms with Gasteiger partial charge in [0.15, 0.2) is 5.82 Å². The number of alkyl carbamates (subject to hydrolysis) is 1. The zero-order valence-corrected chi connectivity index (χ0v) is 10.7. The monoisotopic (exact) mass is 241 g/mol. The van der Waals surface area contributed by atoms with Crippen LogP contribution >= 0.6 is 0 Å². The average Bonchev–Trinajstić information content (AvgIpc) is 2.13. The molecule has 0 heterocycles. The van der Waals surface area contributed by atoms with Crippen molar-refractivity contribution in [2.75, 3.05) is 13.6 Å². The molecule has 0 spiro atoms. The number of hydrogen-bond donors (Lipinski definition) is 1. The molecule has 0 aromatic carbocycles. The topological polar surface area (TPSA) is 71.0 Å². The number of aliphatic imine (C=N–C) groups is 1. The third-order valence-corrected chi connectivity index (χ3v) is 1.50. The Labute approximate surface area is 101 Å². The van der Waals surface area contributed by atoms with Crippen LogP contribution in [0.5, 0.6) is 0 Å². The van der Waals surface area contributed by atoms with Crippen LogP contribution in [0.3, 0.4) is 0 Å². The first-order valence-corrected chi connectivity index (χ1v) is 5.11. The van der Waals surface area contributed by atoms with E-state index in [1.54, 1.807) is 32.7 Å². The smallest absolute Gasteiger partial charge is 0.413 e. The lowest BCUT2D eigenvalue weighted by molar-refractivity contribution is -0.108. The summed E-state index contributed by atoms with van der Waals surface area (Å²) in [6.07, 6.45) is 1.62. The van der Waals surface area contributed by atoms with Gasteiger partial charge in [0.2, 0.25) is 0 Å². The van der Waals surface area contributed by atoms with Crippen LogP contribution in [0.15, 0.2) is 17.0 Å². The van der Waals surface area contributed by atoms with E-state index in [0.717, 1.165) is 6.29 Å². The second-order valence-electron chi connectivity index (χ2n) is 4.41. The van der Waals surface area contributed by atoms with Gasteiger partial charge in [0.25, 0.3) is 0 Å². The van der Waals surface area contributed by atoms with E-state index in [9.17, 15) is 9.59 Å². The number of amides is 1. The number of carbonyl (C=O) groups is 2. The number of nitrogens with one attached hydrogen (secondary N) is 1. The van der Waals surface area contributed by atoms with Gasteiger partial charge in [-0.25, -0.2) is 9.79 Å². The van der Waals surface area contributed by atoms with Crippen molar-refractivity contribution < 1.29 is 14.3 Å². The van der Waals surface area contributed by atoms with Gasteiger partial charge in [-0.05, 0) is 27.5 Å². The van der Waals surface area contributed by atoms with Crippen LogP contribution in [-0.2, 0) is 9.53 Å². The van der Waals surface area contributed by atoms with E-state index in [1.807, 2.05) is 0 Å². The van der Waals surface area contributed by atoms with Gasteiger partial charge in [-0.3, -0.25) is 5.32 Å². The van der Waals surface area contributed by atoms with E-state index in [0.29, 0.717) is 0 Å². The summed E-state index contributed by atoms with van der Waals surface area (Å²) in [5.41, 5.74) is -0.578. The van der Waals surface area contributed by atoms with Gasteiger partial charge in [0.1, 0.15) is 11.9 Å². The third kappa shape index (κ3) is 8.01. The Morgan fingerprint density at radius 3 is 2.53 bits per heavy atom. The molecule has 0 aliphatic heterocycles. The molecule has 0 aromatic rings. The first kappa shape index (κ1) is 15.2. The molecular weight excluding hydrogens is 222 g/mol. The molecule has 0 aromatic heterocycles. The highest BCUT2D eigenvalue weighted by Gasteiger charge is 2.16. The average molecular weight is 241 g/mol. The molecule has 17 heavy (non-hydrogen) atoms. The van der Waals surface area contributed by atoms with Crippen LogP contribution in [0.25, 0.3) is 0 Å². The van der Waals surface area contributed by atoms with Crippen LogP contribution < -0.4 is 5.32 Å². The van der Waals surface area contributed by atoms with Crippen molar-refractivity contribution in [1.82, 2.24) is 10.2 Å². The van der Waals surface area contributed by atoms with E-state index in [2.05, 4.69) is 17.0 Å². The molecule has 0 saturated heterocycles. The molecule has 0 radical (unpaired) electrons. The van der Waals surface area contributed by atoms with Crippen molar-refractivity contribution in [3.63, 3.8) is 0 Å². The van der Waals surface area contributed by atoms with Gasteiger partial charge in [-0.15, -0.1) is 0 Å². The highest BCUT2D eigenvalue weighted by molar-refractivity contribution is 5.70. The standard InChI is InChI=1S/C11H19N3O3/c1-11(2,3)17-10(16)13-9(12-4)8-14(5)6-7-15/h7-8H,4,6H2,1-3,5H3,(H,13,16)/b9-8+. The minimum atomic E-state index is -0.615. The maximum absolute atomic E-state index is 11.4. The summed E-state index contributed by atoms with van der Waals surface area (Å²) < 4.78 is 5.04. The van der Waals surface area contributed by atoms with Gasteiger partial charge in [0, 0.05) is 13.2 Å². The number of aldehydes is 1. The highest BCUT2D eigenvalue weighted by atomic mass is 16.6. The summed E-state index contributed by atoms with van der Waals surface area (Å²) >= 11 is 0. The van der Waals surface area contributed by atoms with Gasteiger partial charge < -0.3 is 14.4 Å². The van der Waals surface area contributed by atoms with E-state index < -0.39 is 11.7 Å². The maximum atomic E-state index is 11.4. The van der Waals surface area contributed by atoms with Crippen LogP contribution in [0.1, 0.15) is 20.8 Å². The number of hydrogen-bond acceptors (Lipinski definition) is 5. The summed E-state index contributed by atoms with van der Waals surface area (Å²) in [5.74, 6) is 0.226. The Bertz CT molecular complexity index is 318. The van der Waals surface area contributed by atoms with Crippen molar-refractivity contribution >= 4 is 19.1 Å². The predicted octanol–water partition coefficient (Wildman–Crippen LogP) is 1.14. The Morgan fingerprint density at radius 1 is 1.53 bits per heavy atom. The number of carbonyl (C=O) groups excluding carboxylic acids is 2. The molecule has 0 rings (SSSR count). The van der Waals surface area contributed by atoms with Crippen molar-refractivity contribution in [2.45, 2.75) is 26.4 Å². The second kappa shape index (κ2) is 6.67. The molecule has 0 atom stereocenters. The van der Waals surface area contributed by atoms with E-state index >= 15 is 0 Å². The van der Waals surface area contributed by atoms with E-state index in [4.69, 9.17) is 4.74 Å². The Kier molecular flexibility index (Phi) is 5.95. The molecular formula is C11H19N3O3. The summed E-state index contributed by atoms with van der Waals surface area (Å²) in [5, 5.41) is 2.43. The van der Waals surface area contributed by atoms with E-state index in [1.165, 1.54) is 6.20 Å². The van der Waals surface area contributed by atoms with Crippen molar-refractivity contribution in [1.29, 1.82) is 0 Å². The molecule has 0 fully saturated rings. The van der Waals surface area contributed by atoms with Gasteiger partial charge in [-0.1, -0.05) is 0 Å². The van der Waals surface area contributed by atoms with Gasteiger partial charge in [0.05, 0.1) is 6.54 Å². The summed E-state index contributed by atoms with van der Waals surface area (Å²) in [6, 6.07) is 0. The van der Waals surface area contributed by atoms with Crippen LogP contribution in [0, 0.1) is 0 Å². The molecule has 0 unspecified atom stereocenters. The maximum Gasteiger partial charge on any atom is 0.413 e. The van der Waals surface area contributed by atoms with Crippen molar-refractivity contribution in [2.24, 2.45) is 4.99 Å². The Morgan fingerprint density at radius 2 is 2.12 bits per heavy atom. The zero-order chi connectivity index (χ0) is 13.5. The fourth-order valence-electron chi connectivity index (χ4n) is 0.900. The normalized spacial score (nSPS) is 11.6. The first-order valence-electron chi connectivity index (χ1n) is 5.11. The zero-order valence-electron chi connectivity index (χ0n) is 10.7. The lowest BCUT2D eigenvalue weighted by Crippen LogP contribution is -2.32. The lowest BCUT2D eigenvalue weighted by atomic mass is 10.2. The predicted molar refractivity (Wildman–Crippen MR) is 65.7 cm³/mol. The molecule has 6 heteroatoms. The highest BCUT2D eigenvalue weighted by Crippen LogP contribution is 2.07. The molecule has 6 nitrogen and oxygen atoms in total. The first-order chi connectivity index (χ1) is 7.78. The SMILES string of the molecule is C=N/C(=C\N(C)CC=O)NC(=O)OC(C)(C)C. The van der Waals surface area contributed by atoms with Gasteiger partial charge in [-0.2, -0.15) is 0 Å². The number of rotatable bonds is 5. The number of ether oxygens (including phenoxy) is 1. The quantitative estimate of drug-likeness (QED) is 0.579. The lowest BCUT2D eigenvalue weighted by Gasteiger charge is -2.20. The molecule has 0 aliphatic carbocycles. The Balaban J connectivity index is 4.45. The fraction of sp³-hybridized carbons (Fsp3) is 0.545. The summed E-state index contributed by atoms with van der Waals surface area (Å²) in [4.78, 5) is 26.9. The van der Waals surface area contributed by atoms with Crippen molar-refractivity contribution in [3.8, 4) is 0 Å². The minimum Gasteiger partial charge on any atom is -0.444 e. The minimum absolute atomic E-state index is 0.203. The second-order valence-corrected chi connectivity index (χ2v) is 4.41. The van der Waals surface area contributed by atoms with Crippen molar-refractivity contribution in [3.05, 3.63) is 12.0 Å². The molecule has 0 bridgehead atoms. The molecule has 0 saturated carbocycles. The summed E-state index contributed by atoms with van der Waals surface area (Å²) in [7, 11) is 1.68. The molecule has 0 aliphatic rings. The molecule has 1 N–H and O–H groups in total. The van der Waals surface area contributed by atoms with Crippen LogP contribution in [0.4, 0.5) is 4.79 Å². The Hall–Kier alpha value is -1.85.